The highest BCUT2D eigenvalue weighted by Gasteiger charge is 2.15. The maximum atomic E-state index is 13.0. The van der Waals surface area contributed by atoms with Crippen molar-refractivity contribution in [3.8, 4) is 28.3 Å². The van der Waals surface area contributed by atoms with E-state index in [1.807, 2.05) is 115 Å². The SMILES string of the molecule is O=C(C=Cc1cn(-c2ccccc2)nc1-c1cc2ccccc2o1)c1ccc(-c2ccccc2)cc1. The third-order valence-corrected chi connectivity index (χ3v) is 6.11. The van der Waals surface area contributed by atoms with E-state index >= 15 is 0 Å². The molecule has 4 aromatic carbocycles. The highest BCUT2D eigenvalue weighted by molar-refractivity contribution is 6.07. The molecular formula is C32H22N2O2. The molecule has 172 valence electrons. The van der Waals surface area contributed by atoms with Crippen molar-refractivity contribution in [3.63, 3.8) is 0 Å². The first-order valence-corrected chi connectivity index (χ1v) is 11.8. The smallest absolute Gasteiger partial charge is 0.185 e. The molecule has 2 heterocycles. The molecule has 0 spiro atoms. The summed E-state index contributed by atoms with van der Waals surface area (Å²) in [7, 11) is 0. The second-order valence-corrected chi connectivity index (χ2v) is 8.50. The minimum Gasteiger partial charge on any atom is -0.454 e. The van der Waals surface area contributed by atoms with E-state index in [4.69, 9.17) is 9.52 Å². The van der Waals surface area contributed by atoms with Crippen LogP contribution in [0.15, 0.2) is 132 Å². The molecule has 36 heavy (non-hydrogen) atoms. The number of fused-ring (bicyclic) bond motifs is 1. The summed E-state index contributed by atoms with van der Waals surface area (Å²) in [4.78, 5) is 13.0. The Balaban J connectivity index is 1.33. The van der Waals surface area contributed by atoms with Crippen LogP contribution in [0, 0.1) is 0 Å². The van der Waals surface area contributed by atoms with Gasteiger partial charge in [-0.3, -0.25) is 4.79 Å². The number of ketones is 1. The standard InChI is InChI=1S/C32H22N2O2/c35-29(25-17-15-24(16-18-25)23-9-3-1-4-10-23)20-19-27-22-34(28-12-5-2-6-13-28)33-32(27)31-21-26-11-7-8-14-30(26)36-31/h1-22H. The molecule has 0 radical (unpaired) electrons. The number of hydrogen-bond acceptors (Lipinski definition) is 3. The summed E-state index contributed by atoms with van der Waals surface area (Å²) in [6.07, 6.45) is 5.32. The predicted molar refractivity (Wildman–Crippen MR) is 144 cm³/mol. The van der Waals surface area contributed by atoms with E-state index in [9.17, 15) is 4.79 Å². The molecule has 0 aliphatic heterocycles. The van der Waals surface area contributed by atoms with Gasteiger partial charge in [-0.15, -0.1) is 0 Å². The van der Waals surface area contributed by atoms with Crippen LogP contribution in [0.25, 0.3) is 45.3 Å². The maximum Gasteiger partial charge on any atom is 0.185 e. The number of aromatic nitrogens is 2. The van der Waals surface area contributed by atoms with Gasteiger partial charge in [-0.1, -0.05) is 91.0 Å². The molecule has 0 fully saturated rings. The molecule has 0 bridgehead atoms. The van der Waals surface area contributed by atoms with E-state index in [-0.39, 0.29) is 5.78 Å². The summed E-state index contributed by atoms with van der Waals surface area (Å²) < 4.78 is 7.90. The summed E-state index contributed by atoms with van der Waals surface area (Å²) in [5, 5.41) is 5.81. The van der Waals surface area contributed by atoms with Crippen LogP contribution >= 0.6 is 0 Å². The Morgan fingerprint density at radius 2 is 1.42 bits per heavy atom. The highest BCUT2D eigenvalue weighted by atomic mass is 16.3. The van der Waals surface area contributed by atoms with E-state index < -0.39 is 0 Å². The maximum absolute atomic E-state index is 13.0. The molecule has 0 amide bonds. The van der Waals surface area contributed by atoms with Gasteiger partial charge >= 0.3 is 0 Å². The zero-order valence-corrected chi connectivity index (χ0v) is 19.4. The van der Waals surface area contributed by atoms with E-state index in [2.05, 4.69) is 12.1 Å². The van der Waals surface area contributed by atoms with Gasteiger partial charge in [0.15, 0.2) is 11.5 Å². The largest absolute Gasteiger partial charge is 0.454 e. The Hall–Kier alpha value is -4.96. The van der Waals surface area contributed by atoms with Gasteiger partial charge in [-0.25, -0.2) is 4.68 Å². The zero-order chi connectivity index (χ0) is 24.3. The van der Waals surface area contributed by atoms with Gasteiger partial charge in [-0.05, 0) is 47.5 Å². The van der Waals surface area contributed by atoms with Crippen LogP contribution in [0.2, 0.25) is 0 Å². The zero-order valence-electron chi connectivity index (χ0n) is 19.4. The van der Waals surface area contributed by atoms with Crippen molar-refractivity contribution < 1.29 is 9.21 Å². The predicted octanol–water partition coefficient (Wildman–Crippen LogP) is 7.85. The first-order chi connectivity index (χ1) is 17.7. The molecule has 0 N–H and O–H groups in total. The summed E-state index contributed by atoms with van der Waals surface area (Å²) in [5.74, 6) is 0.586. The fourth-order valence-electron chi connectivity index (χ4n) is 4.23. The molecule has 0 unspecified atom stereocenters. The number of carbonyl (C=O) groups is 1. The Labute approximate surface area is 208 Å². The van der Waals surface area contributed by atoms with Crippen molar-refractivity contribution >= 4 is 22.8 Å². The van der Waals surface area contributed by atoms with Crippen LogP contribution < -0.4 is 0 Å². The monoisotopic (exact) mass is 466 g/mol. The Morgan fingerprint density at radius 3 is 2.17 bits per heavy atom. The molecule has 4 heteroatoms. The molecule has 0 atom stereocenters. The molecule has 0 saturated heterocycles. The lowest BCUT2D eigenvalue weighted by atomic mass is 10.0. The van der Waals surface area contributed by atoms with Gasteiger partial charge in [0.1, 0.15) is 11.3 Å². The molecule has 4 nitrogen and oxygen atoms in total. The lowest BCUT2D eigenvalue weighted by Crippen LogP contribution is -1.94. The molecule has 0 aliphatic rings. The van der Waals surface area contributed by atoms with Gasteiger partial charge in [0.05, 0.1) is 5.69 Å². The molecule has 0 saturated carbocycles. The van der Waals surface area contributed by atoms with Crippen LogP contribution in [-0.4, -0.2) is 15.6 Å². The average Bonchev–Trinajstić information content (AvgIpc) is 3.57. The van der Waals surface area contributed by atoms with Gasteiger partial charge < -0.3 is 4.42 Å². The molecule has 0 aliphatic carbocycles. The fourth-order valence-corrected chi connectivity index (χ4v) is 4.23. The van der Waals surface area contributed by atoms with Crippen molar-refractivity contribution in [2.75, 3.05) is 0 Å². The summed E-state index contributed by atoms with van der Waals surface area (Å²) in [5.41, 5.74) is 6.03. The minimum absolute atomic E-state index is 0.0716. The van der Waals surface area contributed by atoms with Crippen LogP contribution in [0.3, 0.4) is 0 Å². The van der Waals surface area contributed by atoms with Crippen molar-refractivity contribution in [3.05, 3.63) is 139 Å². The van der Waals surface area contributed by atoms with Crippen molar-refractivity contribution in [1.29, 1.82) is 0 Å². The number of allylic oxidation sites excluding steroid dienone is 1. The van der Waals surface area contributed by atoms with Crippen molar-refractivity contribution in [2.24, 2.45) is 0 Å². The second kappa shape index (κ2) is 9.35. The molecule has 2 aromatic heterocycles. The Kier molecular flexibility index (Phi) is 5.60. The normalized spacial score (nSPS) is 11.3. The summed E-state index contributed by atoms with van der Waals surface area (Å²) in [6, 6.07) is 37.5. The van der Waals surface area contributed by atoms with Crippen LogP contribution in [0.5, 0.6) is 0 Å². The summed E-state index contributed by atoms with van der Waals surface area (Å²) >= 11 is 0. The Morgan fingerprint density at radius 1 is 0.750 bits per heavy atom. The van der Waals surface area contributed by atoms with Crippen LogP contribution in [-0.2, 0) is 0 Å². The number of furan rings is 1. The Bertz CT molecular complexity index is 1640. The van der Waals surface area contributed by atoms with E-state index in [1.54, 1.807) is 10.8 Å². The second-order valence-electron chi connectivity index (χ2n) is 8.50. The van der Waals surface area contributed by atoms with Crippen molar-refractivity contribution in [2.45, 2.75) is 0 Å². The first-order valence-electron chi connectivity index (χ1n) is 11.8. The third-order valence-electron chi connectivity index (χ3n) is 6.11. The average molecular weight is 467 g/mol. The molecule has 6 rings (SSSR count). The number of hydrogen-bond donors (Lipinski definition) is 0. The molecular weight excluding hydrogens is 444 g/mol. The third kappa shape index (κ3) is 4.28. The lowest BCUT2D eigenvalue weighted by Gasteiger charge is -2.02. The van der Waals surface area contributed by atoms with E-state index in [0.717, 1.165) is 33.3 Å². The highest BCUT2D eigenvalue weighted by Crippen LogP contribution is 2.30. The summed E-state index contributed by atoms with van der Waals surface area (Å²) in [6.45, 7) is 0. The van der Waals surface area contributed by atoms with Gasteiger partial charge in [-0.2, -0.15) is 5.10 Å². The van der Waals surface area contributed by atoms with E-state index in [1.165, 1.54) is 0 Å². The lowest BCUT2D eigenvalue weighted by molar-refractivity contribution is 0.104. The fraction of sp³-hybridized carbons (Fsp3) is 0. The number of para-hydroxylation sites is 2. The minimum atomic E-state index is -0.0716. The van der Waals surface area contributed by atoms with E-state index in [0.29, 0.717) is 17.0 Å². The van der Waals surface area contributed by atoms with Gasteiger partial charge in [0.2, 0.25) is 0 Å². The van der Waals surface area contributed by atoms with Gasteiger partial charge in [0.25, 0.3) is 0 Å². The topological polar surface area (TPSA) is 48.0 Å². The first kappa shape index (κ1) is 21.6. The number of carbonyl (C=O) groups excluding carboxylic acids is 1. The number of benzene rings is 4. The van der Waals surface area contributed by atoms with Crippen LogP contribution in [0.4, 0.5) is 0 Å². The molecule has 6 aromatic rings. The number of nitrogens with zero attached hydrogens (tertiary/aromatic N) is 2. The quantitative estimate of drug-likeness (QED) is 0.185. The van der Waals surface area contributed by atoms with Gasteiger partial charge in [0, 0.05) is 22.7 Å². The number of rotatable bonds is 6. The van der Waals surface area contributed by atoms with Crippen molar-refractivity contribution in [1.82, 2.24) is 9.78 Å². The van der Waals surface area contributed by atoms with Crippen LogP contribution in [0.1, 0.15) is 15.9 Å².